The van der Waals surface area contributed by atoms with E-state index in [1.165, 1.54) is 6.07 Å². The number of rotatable bonds is 1. The van der Waals surface area contributed by atoms with Gasteiger partial charge in [-0.25, -0.2) is 4.39 Å². The second kappa shape index (κ2) is 5.19. The first kappa shape index (κ1) is 13.6. The van der Waals surface area contributed by atoms with Gasteiger partial charge in [-0.2, -0.15) is 0 Å². The summed E-state index contributed by atoms with van der Waals surface area (Å²) in [4.78, 5) is 0. The van der Waals surface area contributed by atoms with E-state index < -0.39 is 6.10 Å². The van der Waals surface area contributed by atoms with Gasteiger partial charge in [-0.15, -0.1) is 0 Å². The second-order valence-corrected chi connectivity index (χ2v) is 5.93. The smallest absolute Gasteiger partial charge is 0.137 e. The van der Waals surface area contributed by atoms with Crippen molar-refractivity contribution in [2.75, 3.05) is 0 Å². The molecule has 0 aliphatic carbocycles. The molecule has 1 aliphatic heterocycles. The molecule has 2 aromatic carbocycles. The molecule has 1 aliphatic rings. The van der Waals surface area contributed by atoms with E-state index >= 15 is 0 Å². The Balaban J connectivity index is 1.94. The monoisotopic (exact) mass is 336 g/mol. The summed E-state index contributed by atoms with van der Waals surface area (Å²) in [6.45, 7) is 1.98. The van der Waals surface area contributed by atoms with E-state index in [0.717, 1.165) is 16.7 Å². The van der Waals surface area contributed by atoms with Gasteiger partial charge in [0.2, 0.25) is 0 Å². The molecule has 0 amide bonds. The highest BCUT2D eigenvalue weighted by molar-refractivity contribution is 9.10. The Bertz CT molecular complexity index is 657. The Morgan fingerprint density at radius 1 is 1.25 bits per heavy atom. The van der Waals surface area contributed by atoms with Crippen LogP contribution >= 0.6 is 15.9 Å². The zero-order valence-corrected chi connectivity index (χ0v) is 12.5. The SMILES string of the molecule is Cc1ccc2c(c1)[C@@H](O)CC(c1ccc(Br)c(F)c1)O2. The second-order valence-electron chi connectivity index (χ2n) is 5.07. The molecule has 1 N–H and O–H groups in total. The molecule has 20 heavy (non-hydrogen) atoms. The van der Waals surface area contributed by atoms with Crippen molar-refractivity contribution in [2.24, 2.45) is 0 Å². The van der Waals surface area contributed by atoms with Gasteiger partial charge in [-0.3, -0.25) is 0 Å². The zero-order valence-electron chi connectivity index (χ0n) is 10.9. The Morgan fingerprint density at radius 3 is 2.80 bits per heavy atom. The first-order valence-electron chi connectivity index (χ1n) is 6.45. The third-order valence-corrected chi connectivity index (χ3v) is 4.19. The largest absolute Gasteiger partial charge is 0.485 e. The maximum atomic E-state index is 13.6. The average Bonchev–Trinajstić information content (AvgIpc) is 2.42. The fourth-order valence-corrected chi connectivity index (χ4v) is 2.73. The molecule has 0 spiro atoms. The highest BCUT2D eigenvalue weighted by Crippen LogP contribution is 2.41. The van der Waals surface area contributed by atoms with Crippen LogP contribution in [0.2, 0.25) is 0 Å². The third kappa shape index (κ3) is 2.45. The summed E-state index contributed by atoms with van der Waals surface area (Å²) in [5, 5.41) is 10.3. The van der Waals surface area contributed by atoms with E-state index in [9.17, 15) is 9.50 Å². The van der Waals surface area contributed by atoms with Crippen molar-refractivity contribution in [1.29, 1.82) is 0 Å². The molecule has 0 saturated carbocycles. The van der Waals surface area contributed by atoms with Crippen molar-refractivity contribution in [3.05, 3.63) is 63.4 Å². The quantitative estimate of drug-likeness (QED) is 0.833. The summed E-state index contributed by atoms with van der Waals surface area (Å²) in [6.07, 6.45) is -0.490. The number of ether oxygens (including phenoxy) is 1. The summed E-state index contributed by atoms with van der Waals surface area (Å²) >= 11 is 3.13. The number of hydrogen-bond acceptors (Lipinski definition) is 2. The lowest BCUT2D eigenvalue weighted by Crippen LogP contribution is -2.19. The molecule has 4 heteroatoms. The van der Waals surface area contributed by atoms with Crippen molar-refractivity contribution < 1.29 is 14.2 Å². The Kier molecular flexibility index (Phi) is 3.52. The lowest BCUT2D eigenvalue weighted by molar-refractivity contribution is 0.0655. The maximum absolute atomic E-state index is 13.6. The lowest BCUT2D eigenvalue weighted by atomic mass is 9.94. The number of fused-ring (bicyclic) bond motifs is 1. The van der Waals surface area contributed by atoms with Crippen LogP contribution in [0.1, 0.15) is 35.3 Å². The molecular formula is C16H14BrFO2. The van der Waals surface area contributed by atoms with Gasteiger partial charge >= 0.3 is 0 Å². The first-order chi connectivity index (χ1) is 9.54. The number of aliphatic hydroxyl groups excluding tert-OH is 1. The van der Waals surface area contributed by atoms with Crippen LogP contribution in [0.25, 0.3) is 0 Å². The molecule has 0 saturated heterocycles. The van der Waals surface area contributed by atoms with Gasteiger partial charge in [0, 0.05) is 12.0 Å². The van der Waals surface area contributed by atoms with E-state index in [4.69, 9.17) is 4.74 Å². The molecule has 0 radical (unpaired) electrons. The zero-order chi connectivity index (χ0) is 14.3. The van der Waals surface area contributed by atoms with Crippen molar-refractivity contribution in [1.82, 2.24) is 0 Å². The van der Waals surface area contributed by atoms with E-state index in [0.29, 0.717) is 16.6 Å². The van der Waals surface area contributed by atoms with Crippen LogP contribution in [-0.2, 0) is 0 Å². The molecule has 0 bridgehead atoms. The highest BCUT2D eigenvalue weighted by atomic mass is 79.9. The Morgan fingerprint density at radius 2 is 2.05 bits per heavy atom. The molecule has 104 valence electrons. The van der Waals surface area contributed by atoms with Crippen molar-refractivity contribution in [2.45, 2.75) is 25.6 Å². The summed E-state index contributed by atoms with van der Waals surface area (Å²) in [7, 11) is 0. The van der Waals surface area contributed by atoms with Gasteiger partial charge in [0.25, 0.3) is 0 Å². The Labute approximate surface area is 125 Å². The average molecular weight is 337 g/mol. The molecule has 2 aromatic rings. The van der Waals surface area contributed by atoms with E-state index in [1.54, 1.807) is 6.07 Å². The predicted molar refractivity (Wildman–Crippen MR) is 78.2 cm³/mol. The van der Waals surface area contributed by atoms with Crippen LogP contribution in [0.5, 0.6) is 5.75 Å². The summed E-state index contributed by atoms with van der Waals surface area (Å²) in [5.74, 6) is 0.345. The summed E-state index contributed by atoms with van der Waals surface area (Å²) < 4.78 is 19.9. The fraction of sp³-hybridized carbons (Fsp3) is 0.250. The van der Waals surface area contributed by atoms with Crippen LogP contribution in [0, 0.1) is 12.7 Å². The highest BCUT2D eigenvalue weighted by Gasteiger charge is 2.28. The lowest BCUT2D eigenvalue weighted by Gasteiger charge is -2.30. The number of halogens is 2. The minimum Gasteiger partial charge on any atom is -0.485 e. The maximum Gasteiger partial charge on any atom is 0.137 e. The standard InChI is InChI=1S/C16H14BrFO2/c1-9-2-5-15-11(6-9)14(19)8-16(20-15)10-3-4-12(17)13(18)7-10/h2-7,14,16,19H,8H2,1H3/t14-,16?/m0/s1. The van der Waals surface area contributed by atoms with E-state index in [-0.39, 0.29) is 11.9 Å². The predicted octanol–water partition coefficient (Wildman–Crippen LogP) is 4.45. The minimum absolute atomic E-state index is 0.324. The van der Waals surface area contributed by atoms with Crippen molar-refractivity contribution in [3.63, 3.8) is 0 Å². The Hall–Kier alpha value is -1.39. The van der Waals surface area contributed by atoms with Gasteiger partial charge in [-0.05, 0) is 52.7 Å². The fourth-order valence-electron chi connectivity index (χ4n) is 2.48. The van der Waals surface area contributed by atoms with Gasteiger partial charge in [0.1, 0.15) is 17.7 Å². The number of hydrogen-bond donors (Lipinski definition) is 1. The number of aryl methyl sites for hydroxylation is 1. The van der Waals surface area contributed by atoms with Crippen LogP contribution in [0.4, 0.5) is 4.39 Å². The van der Waals surface area contributed by atoms with E-state index in [2.05, 4.69) is 15.9 Å². The van der Waals surface area contributed by atoms with Gasteiger partial charge in [0.05, 0.1) is 10.6 Å². The molecule has 1 unspecified atom stereocenters. The van der Waals surface area contributed by atoms with Crippen molar-refractivity contribution in [3.8, 4) is 5.75 Å². The first-order valence-corrected chi connectivity index (χ1v) is 7.24. The molecule has 1 heterocycles. The molecule has 2 nitrogen and oxygen atoms in total. The molecule has 0 fully saturated rings. The molecule has 3 rings (SSSR count). The third-order valence-electron chi connectivity index (χ3n) is 3.55. The number of benzene rings is 2. The van der Waals surface area contributed by atoms with Crippen LogP contribution in [0.3, 0.4) is 0 Å². The van der Waals surface area contributed by atoms with Crippen molar-refractivity contribution >= 4 is 15.9 Å². The number of aliphatic hydroxyl groups is 1. The van der Waals surface area contributed by atoms with Gasteiger partial charge in [0.15, 0.2) is 0 Å². The molecular weight excluding hydrogens is 323 g/mol. The van der Waals surface area contributed by atoms with Crippen LogP contribution < -0.4 is 4.74 Å². The van der Waals surface area contributed by atoms with Gasteiger partial charge < -0.3 is 9.84 Å². The normalized spacial score (nSPS) is 21.2. The topological polar surface area (TPSA) is 29.5 Å². The van der Waals surface area contributed by atoms with Crippen LogP contribution in [0.15, 0.2) is 40.9 Å². The molecule has 2 atom stereocenters. The summed E-state index contributed by atoms with van der Waals surface area (Å²) in [5.41, 5.74) is 2.62. The van der Waals surface area contributed by atoms with Gasteiger partial charge in [-0.1, -0.05) is 17.7 Å². The van der Waals surface area contributed by atoms with Crippen LogP contribution in [-0.4, -0.2) is 5.11 Å². The minimum atomic E-state index is -0.588. The molecule has 0 aromatic heterocycles. The van der Waals surface area contributed by atoms with E-state index in [1.807, 2.05) is 31.2 Å². The summed E-state index contributed by atoms with van der Waals surface area (Å²) in [6, 6.07) is 10.6.